The largest absolute Gasteiger partial charge is 0.494 e. The summed E-state index contributed by atoms with van der Waals surface area (Å²) in [5.74, 6) is -0.722. The molecule has 0 fully saturated rings. The van der Waals surface area contributed by atoms with Crippen LogP contribution in [-0.2, 0) is 0 Å². The lowest BCUT2D eigenvalue weighted by molar-refractivity contribution is 0.0692. The van der Waals surface area contributed by atoms with Crippen molar-refractivity contribution < 1.29 is 14.6 Å². The van der Waals surface area contributed by atoms with E-state index >= 15 is 0 Å². The number of rotatable bonds is 3. The number of thioether (sulfide) groups is 1. The van der Waals surface area contributed by atoms with Gasteiger partial charge in [0.25, 0.3) is 0 Å². The third-order valence-electron chi connectivity index (χ3n) is 1.50. The van der Waals surface area contributed by atoms with Gasteiger partial charge in [-0.2, -0.15) is 0 Å². The number of hydrogen-bond donors (Lipinski definition) is 1. The quantitative estimate of drug-likeness (QED) is 0.748. The maximum atomic E-state index is 10.7. The van der Waals surface area contributed by atoms with Crippen molar-refractivity contribution in [2.75, 3.05) is 13.4 Å². The predicted molar refractivity (Wildman–Crippen MR) is 49.5 cm³/mol. The van der Waals surface area contributed by atoms with Crippen molar-refractivity contribution in [2.45, 2.75) is 5.03 Å². The highest BCUT2D eigenvalue weighted by atomic mass is 32.2. The Morgan fingerprint density at radius 1 is 1.69 bits per heavy atom. The second-order valence-corrected chi connectivity index (χ2v) is 3.06. The van der Waals surface area contributed by atoms with Crippen molar-refractivity contribution in [3.05, 3.63) is 17.8 Å². The van der Waals surface area contributed by atoms with Gasteiger partial charge in [-0.3, -0.25) is 0 Å². The second-order valence-electron chi connectivity index (χ2n) is 2.23. The van der Waals surface area contributed by atoms with Gasteiger partial charge in [0.1, 0.15) is 5.56 Å². The highest BCUT2D eigenvalue weighted by molar-refractivity contribution is 7.98. The van der Waals surface area contributed by atoms with Gasteiger partial charge in [0.2, 0.25) is 0 Å². The third-order valence-corrected chi connectivity index (χ3v) is 2.14. The minimum atomic E-state index is -1.01. The van der Waals surface area contributed by atoms with E-state index in [0.29, 0.717) is 5.03 Å². The first-order valence-corrected chi connectivity index (χ1v) is 4.73. The molecule has 0 amide bonds. The van der Waals surface area contributed by atoms with Gasteiger partial charge < -0.3 is 9.84 Å². The first-order chi connectivity index (χ1) is 6.19. The zero-order valence-corrected chi connectivity index (χ0v) is 8.09. The molecule has 1 aromatic heterocycles. The summed E-state index contributed by atoms with van der Waals surface area (Å²) in [6.45, 7) is 0. The Morgan fingerprint density at radius 2 is 2.38 bits per heavy atom. The molecule has 0 bridgehead atoms. The molecule has 0 aliphatic rings. The zero-order valence-electron chi connectivity index (χ0n) is 7.27. The van der Waals surface area contributed by atoms with E-state index in [-0.39, 0.29) is 11.3 Å². The summed E-state index contributed by atoms with van der Waals surface area (Å²) in [6.07, 6.45) is 3.25. The Kier molecular flexibility index (Phi) is 3.13. The standard InChI is InChI=1S/C8H9NO3S/c1-12-6-4-9-7(13-2)3-5(6)8(10)11/h3-4H,1-2H3,(H,10,11). The van der Waals surface area contributed by atoms with Gasteiger partial charge in [-0.15, -0.1) is 11.8 Å². The molecule has 0 aliphatic carbocycles. The van der Waals surface area contributed by atoms with Crippen LogP contribution >= 0.6 is 11.8 Å². The molecule has 1 rings (SSSR count). The van der Waals surface area contributed by atoms with Crippen LogP contribution in [0.15, 0.2) is 17.3 Å². The monoisotopic (exact) mass is 199 g/mol. The van der Waals surface area contributed by atoms with Gasteiger partial charge in [0, 0.05) is 0 Å². The summed E-state index contributed by atoms with van der Waals surface area (Å²) >= 11 is 1.39. The molecule has 70 valence electrons. The molecule has 5 heteroatoms. The molecular formula is C8H9NO3S. The van der Waals surface area contributed by atoms with Crippen molar-refractivity contribution in [1.82, 2.24) is 4.98 Å². The van der Waals surface area contributed by atoms with Gasteiger partial charge in [0.05, 0.1) is 18.3 Å². The lowest BCUT2D eigenvalue weighted by atomic mass is 10.2. The summed E-state index contributed by atoms with van der Waals surface area (Å²) in [7, 11) is 1.42. The number of carboxylic acid groups (broad SMARTS) is 1. The molecule has 0 saturated carbocycles. The molecule has 0 unspecified atom stereocenters. The van der Waals surface area contributed by atoms with E-state index in [1.165, 1.54) is 31.1 Å². The SMILES string of the molecule is COc1cnc(SC)cc1C(=O)O. The highest BCUT2D eigenvalue weighted by Crippen LogP contribution is 2.21. The van der Waals surface area contributed by atoms with Gasteiger partial charge in [-0.1, -0.05) is 0 Å². The molecule has 4 nitrogen and oxygen atoms in total. The molecule has 0 spiro atoms. The lowest BCUT2D eigenvalue weighted by Gasteiger charge is -2.04. The Labute approximate surface area is 79.9 Å². The summed E-state index contributed by atoms with van der Waals surface area (Å²) in [4.78, 5) is 14.7. The first kappa shape index (κ1) is 9.85. The van der Waals surface area contributed by atoms with Crippen LogP contribution in [0, 0.1) is 0 Å². The molecule has 0 aromatic carbocycles. The van der Waals surface area contributed by atoms with E-state index in [1.807, 2.05) is 6.26 Å². The Balaban J connectivity index is 3.18. The van der Waals surface area contributed by atoms with Crippen molar-refractivity contribution in [3.63, 3.8) is 0 Å². The molecule has 1 N–H and O–H groups in total. The molecule has 1 aromatic rings. The van der Waals surface area contributed by atoms with Crippen LogP contribution in [0.25, 0.3) is 0 Å². The molecular weight excluding hydrogens is 190 g/mol. The van der Waals surface area contributed by atoms with E-state index < -0.39 is 5.97 Å². The number of aromatic carboxylic acids is 1. The Morgan fingerprint density at radius 3 is 2.85 bits per heavy atom. The van der Waals surface area contributed by atoms with E-state index in [0.717, 1.165) is 0 Å². The normalized spacial score (nSPS) is 9.69. The number of pyridine rings is 1. The highest BCUT2D eigenvalue weighted by Gasteiger charge is 2.11. The second kappa shape index (κ2) is 4.13. The summed E-state index contributed by atoms with van der Waals surface area (Å²) < 4.78 is 4.85. The van der Waals surface area contributed by atoms with Gasteiger partial charge >= 0.3 is 5.97 Å². The van der Waals surface area contributed by atoms with E-state index in [9.17, 15) is 4.79 Å². The summed E-state index contributed by atoms with van der Waals surface area (Å²) in [5, 5.41) is 9.46. The smallest absolute Gasteiger partial charge is 0.339 e. The number of carbonyl (C=O) groups is 1. The third kappa shape index (κ3) is 2.12. The fourth-order valence-electron chi connectivity index (χ4n) is 0.865. The van der Waals surface area contributed by atoms with E-state index in [4.69, 9.17) is 9.84 Å². The molecule has 13 heavy (non-hydrogen) atoms. The topological polar surface area (TPSA) is 59.4 Å². The maximum absolute atomic E-state index is 10.7. The van der Waals surface area contributed by atoms with Crippen LogP contribution in [0.5, 0.6) is 5.75 Å². The van der Waals surface area contributed by atoms with Crippen LogP contribution in [-0.4, -0.2) is 29.4 Å². The minimum Gasteiger partial charge on any atom is -0.494 e. The predicted octanol–water partition coefficient (Wildman–Crippen LogP) is 1.51. The van der Waals surface area contributed by atoms with Crippen molar-refractivity contribution in [1.29, 1.82) is 0 Å². The lowest BCUT2D eigenvalue weighted by Crippen LogP contribution is -2.01. The summed E-state index contributed by atoms with van der Waals surface area (Å²) in [5.41, 5.74) is 0.141. The molecule has 0 atom stereocenters. The molecule has 0 aliphatic heterocycles. The maximum Gasteiger partial charge on any atom is 0.339 e. The van der Waals surface area contributed by atoms with Crippen LogP contribution in [0.1, 0.15) is 10.4 Å². The van der Waals surface area contributed by atoms with Crippen molar-refractivity contribution in [3.8, 4) is 5.75 Å². The number of aromatic nitrogens is 1. The Hall–Kier alpha value is -1.23. The fourth-order valence-corrected chi connectivity index (χ4v) is 1.26. The van der Waals surface area contributed by atoms with Gasteiger partial charge in [0.15, 0.2) is 5.75 Å². The van der Waals surface area contributed by atoms with Crippen LogP contribution in [0.3, 0.4) is 0 Å². The van der Waals surface area contributed by atoms with Gasteiger partial charge in [-0.25, -0.2) is 9.78 Å². The zero-order chi connectivity index (χ0) is 9.84. The van der Waals surface area contributed by atoms with Crippen LogP contribution < -0.4 is 4.74 Å². The van der Waals surface area contributed by atoms with Crippen molar-refractivity contribution in [2.24, 2.45) is 0 Å². The summed E-state index contributed by atoms with van der Waals surface area (Å²) in [6, 6.07) is 1.49. The van der Waals surface area contributed by atoms with Crippen LogP contribution in [0.4, 0.5) is 0 Å². The number of methoxy groups -OCH3 is 1. The number of ether oxygens (including phenoxy) is 1. The Bertz CT molecular complexity index is 327. The van der Waals surface area contributed by atoms with E-state index in [2.05, 4.69) is 4.98 Å². The van der Waals surface area contributed by atoms with Crippen LogP contribution in [0.2, 0.25) is 0 Å². The minimum absolute atomic E-state index is 0.141. The number of carboxylic acids is 1. The molecule has 0 saturated heterocycles. The van der Waals surface area contributed by atoms with Crippen molar-refractivity contribution >= 4 is 17.7 Å². The average molecular weight is 199 g/mol. The number of hydrogen-bond acceptors (Lipinski definition) is 4. The van der Waals surface area contributed by atoms with Gasteiger partial charge in [-0.05, 0) is 12.3 Å². The molecule has 0 radical (unpaired) electrons. The average Bonchev–Trinajstić information content (AvgIpc) is 2.16. The first-order valence-electron chi connectivity index (χ1n) is 3.50. The molecule has 1 heterocycles. The van der Waals surface area contributed by atoms with E-state index in [1.54, 1.807) is 0 Å². The fraction of sp³-hybridized carbons (Fsp3) is 0.250. The number of nitrogens with zero attached hydrogens (tertiary/aromatic N) is 1.